The van der Waals surface area contributed by atoms with Gasteiger partial charge in [-0.15, -0.1) is 0 Å². The van der Waals surface area contributed by atoms with Crippen LogP contribution in [-0.2, 0) is 0 Å². The van der Waals surface area contributed by atoms with Gasteiger partial charge in [-0.2, -0.15) is 5.10 Å². The summed E-state index contributed by atoms with van der Waals surface area (Å²) in [5, 5.41) is 5.45. The van der Waals surface area contributed by atoms with Gasteiger partial charge in [-0.05, 0) is 31.0 Å². The van der Waals surface area contributed by atoms with E-state index in [4.69, 9.17) is 23.2 Å². The van der Waals surface area contributed by atoms with Crippen molar-refractivity contribution >= 4 is 23.2 Å². The molecule has 0 atom stereocenters. The molecular formula is C12H10Cl2N2. The zero-order valence-corrected chi connectivity index (χ0v) is 10.0. The van der Waals surface area contributed by atoms with Gasteiger partial charge in [0.05, 0.1) is 15.7 Å². The van der Waals surface area contributed by atoms with Crippen LogP contribution in [0.15, 0.2) is 30.5 Å². The molecule has 2 aromatic rings. The number of halogens is 2. The summed E-state index contributed by atoms with van der Waals surface area (Å²) in [6, 6.07) is 7.66. The third kappa shape index (κ3) is 1.62. The standard InChI is InChI=1S/C12H10Cl2N2/c13-9-2-1-3-11(12(9)14)16-10(6-7-15-16)8-4-5-8/h1-3,6-8H,4-5H2. The molecule has 0 radical (unpaired) electrons. The van der Waals surface area contributed by atoms with E-state index in [9.17, 15) is 0 Å². The minimum Gasteiger partial charge on any atom is -0.236 e. The monoisotopic (exact) mass is 252 g/mol. The minimum atomic E-state index is 0.565. The quantitative estimate of drug-likeness (QED) is 0.789. The number of aromatic nitrogens is 2. The summed E-state index contributed by atoms with van der Waals surface area (Å²) in [5.41, 5.74) is 2.09. The van der Waals surface area contributed by atoms with E-state index in [1.807, 2.05) is 23.0 Å². The SMILES string of the molecule is Clc1cccc(-n2nccc2C2CC2)c1Cl. The maximum absolute atomic E-state index is 6.19. The molecule has 1 aromatic carbocycles. The fourth-order valence-corrected chi connectivity index (χ4v) is 2.23. The van der Waals surface area contributed by atoms with Crippen molar-refractivity contribution in [3.63, 3.8) is 0 Å². The Balaban J connectivity index is 2.14. The smallest absolute Gasteiger partial charge is 0.0850 e. The van der Waals surface area contributed by atoms with E-state index in [0.717, 1.165) is 5.69 Å². The summed E-state index contributed by atoms with van der Waals surface area (Å²) in [5.74, 6) is 0.637. The molecule has 1 saturated carbocycles. The Kier molecular flexibility index (Phi) is 2.41. The van der Waals surface area contributed by atoms with Crippen molar-refractivity contribution in [2.45, 2.75) is 18.8 Å². The van der Waals surface area contributed by atoms with Crippen LogP contribution in [-0.4, -0.2) is 9.78 Å². The number of hydrogen-bond acceptors (Lipinski definition) is 1. The molecule has 82 valence electrons. The van der Waals surface area contributed by atoms with E-state index in [-0.39, 0.29) is 0 Å². The molecule has 0 N–H and O–H groups in total. The van der Waals surface area contributed by atoms with Gasteiger partial charge >= 0.3 is 0 Å². The second-order valence-corrected chi connectivity index (χ2v) is 4.80. The lowest BCUT2D eigenvalue weighted by atomic mass is 10.2. The molecule has 16 heavy (non-hydrogen) atoms. The summed E-state index contributed by atoms with van der Waals surface area (Å²) < 4.78 is 1.89. The van der Waals surface area contributed by atoms with Crippen LogP contribution >= 0.6 is 23.2 Å². The van der Waals surface area contributed by atoms with Crippen LogP contribution < -0.4 is 0 Å². The van der Waals surface area contributed by atoms with E-state index >= 15 is 0 Å². The molecule has 1 fully saturated rings. The van der Waals surface area contributed by atoms with Gasteiger partial charge in [0, 0.05) is 17.8 Å². The second-order valence-electron chi connectivity index (χ2n) is 4.02. The van der Waals surface area contributed by atoms with Crippen molar-refractivity contribution in [2.75, 3.05) is 0 Å². The fraction of sp³-hybridized carbons (Fsp3) is 0.250. The third-order valence-corrected chi connectivity index (χ3v) is 3.64. The number of rotatable bonds is 2. The molecule has 0 unspecified atom stereocenters. The van der Waals surface area contributed by atoms with Crippen LogP contribution in [0.1, 0.15) is 24.5 Å². The summed E-state index contributed by atoms with van der Waals surface area (Å²) in [7, 11) is 0. The highest BCUT2D eigenvalue weighted by atomic mass is 35.5. The molecule has 0 amide bonds. The number of nitrogens with zero attached hydrogens (tertiary/aromatic N) is 2. The van der Waals surface area contributed by atoms with Gasteiger partial charge in [0.25, 0.3) is 0 Å². The molecule has 0 bridgehead atoms. The Morgan fingerprint density at radius 1 is 1.19 bits per heavy atom. The van der Waals surface area contributed by atoms with E-state index in [0.29, 0.717) is 16.0 Å². The van der Waals surface area contributed by atoms with Crippen molar-refractivity contribution < 1.29 is 0 Å². The van der Waals surface area contributed by atoms with E-state index in [1.165, 1.54) is 18.5 Å². The third-order valence-electron chi connectivity index (χ3n) is 2.83. The van der Waals surface area contributed by atoms with Crippen LogP contribution in [0.3, 0.4) is 0 Å². The highest BCUT2D eigenvalue weighted by Gasteiger charge is 2.27. The molecule has 0 saturated heterocycles. The van der Waals surface area contributed by atoms with Crippen LogP contribution in [0, 0.1) is 0 Å². The van der Waals surface area contributed by atoms with Crippen molar-refractivity contribution in [3.05, 3.63) is 46.2 Å². The molecule has 3 rings (SSSR count). The van der Waals surface area contributed by atoms with Gasteiger partial charge in [0.15, 0.2) is 0 Å². The Labute approximate surface area is 104 Å². The lowest BCUT2D eigenvalue weighted by Gasteiger charge is -2.09. The average Bonchev–Trinajstić information content (AvgIpc) is 3.01. The maximum Gasteiger partial charge on any atom is 0.0850 e. The lowest BCUT2D eigenvalue weighted by molar-refractivity contribution is 0.808. The van der Waals surface area contributed by atoms with Gasteiger partial charge in [0.2, 0.25) is 0 Å². The fourth-order valence-electron chi connectivity index (χ4n) is 1.86. The molecule has 1 aliphatic carbocycles. The summed E-state index contributed by atoms with van der Waals surface area (Å²) >= 11 is 12.2. The first-order valence-electron chi connectivity index (χ1n) is 5.25. The normalized spacial score (nSPS) is 15.4. The zero-order valence-electron chi connectivity index (χ0n) is 8.53. The highest BCUT2D eigenvalue weighted by Crippen LogP contribution is 2.41. The lowest BCUT2D eigenvalue weighted by Crippen LogP contribution is -2.01. The van der Waals surface area contributed by atoms with Gasteiger partial charge in [-0.1, -0.05) is 29.3 Å². The Hall–Kier alpha value is -0.990. The van der Waals surface area contributed by atoms with Crippen LogP contribution in [0.25, 0.3) is 5.69 Å². The van der Waals surface area contributed by atoms with Crippen molar-refractivity contribution in [1.82, 2.24) is 9.78 Å². The molecule has 0 aliphatic heterocycles. The Morgan fingerprint density at radius 3 is 2.75 bits per heavy atom. The van der Waals surface area contributed by atoms with Crippen molar-refractivity contribution in [3.8, 4) is 5.69 Å². The first kappa shape index (κ1) is 10.2. The van der Waals surface area contributed by atoms with Crippen LogP contribution in [0.5, 0.6) is 0 Å². The second kappa shape index (κ2) is 3.79. The maximum atomic E-state index is 6.19. The van der Waals surface area contributed by atoms with Gasteiger partial charge < -0.3 is 0 Å². The molecule has 1 aliphatic rings. The molecular weight excluding hydrogens is 243 g/mol. The van der Waals surface area contributed by atoms with E-state index in [2.05, 4.69) is 11.2 Å². The van der Waals surface area contributed by atoms with Crippen LogP contribution in [0.4, 0.5) is 0 Å². The summed E-state index contributed by atoms with van der Waals surface area (Å²) in [6.07, 6.45) is 4.29. The first-order valence-corrected chi connectivity index (χ1v) is 6.01. The topological polar surface area (TPSA) is 17.8 Å². The van der Waals surface area contributed by atoms with Crippen molar-refractivity contribution in [1.29, 1.82) is 0 Å². The van der Waals surface area contributed by atoms with Crippen molar-refractivity contribution in [2.24, 2.45) is 0 Å². The first-order chi connectivity index (χ1) is 7.77. The number of benzene rings is 1. The Morgan fingerprint density at radius 2 is 2.00 bits per heavy atom. The van der Waals surface area contributed by atoms with E-state index in [1.54, 1.807) is 6.07 Å². The van der Waals surface area contributed by atoms with Gasteiger partial charge in [-0.3, -0.25) is 0 Å². The molecule has 4 heteroatoms. The minimum absolute atomic E-state index is 0.565. The zero-order chi connectivity index (χ0) is 11.1. The predicted molar refractivity (Wildman–Crippen MR) is 65.6 cm³/mol. The van der Waals surface area contributed by atoms with Gasteiger partial charge in [-0.25, -0.2) is 4.68 Å². The predicted octanol–water partition coefficient (Wildman–Crippen LogP) is 4.06. The molecule has 2 nitrogen and oxygen atoms in total. The Bertz CT molecular complexity index is 530. The largest absolute Gasteiger partial charge is 0.236 e. The molecule has 1 aromatic heterocycles. The molecule has 0 spiro atoms. The molecule has 1 heterocycles. The van der Waals surface area contributed by atoms with Crippen LogP contribution in [0.2, 0.25) is 10.0 Å². The highest BCUT2D eigenvalue weighted by molar-refractivity contribution is 6.43. The van der Waals surface area contributed by atoms with E-state index < -0.39 is 0 Å². The summed E-state index contributed by atoms with van der Waals surface area (Å²) in [4.78, 5) is 0. The van der Waals surface area contributed by atoms with Gasteiger partial charge in [0.1, 0.15) is 0 Å². The number of hydrogen-bond donors (Lipinski definition) is 0. The average molecular weight is 253 g/mol. The summed E-state index contributed by atoms with van der Waals surface area (Å²) in [6.45, 7) is 0.